The van der Waals surface area contributed by atoms with Crippen LogP contribution in [0.15, 0.2) is 22.7 Å². The zero-order valence-corrected chi connectivity index (χ0v) is 16.2. The molecule has 0 aromatic heterocycles. The molecule has 25 heavy (non-hydrogen) atoms. The fourth-order valence-corrected chi connectivity index (χ4v) is 2.82. The van der Waals surface area contributed by atoms with Crippen molar-refractivity contribution in [1.82, 2.24) is 4.90 Å². The maximum atomic E-state index is 12.1. The van der Waals surface area contributed by atoms with Crippen LogP contribution >= 0.6 is 15.9 Å². The molecule has 0 unspecified atom stereocenters. The molecule has 0 radical (unpaired) electrons. The van der Waals surface area contributed by atoms with Crippen molar-refractivity contribution in [2.75, 3.05) is 20.2 Å². The molecule has 1 amide bonds. The molecule has 2 atom stereocenters. The van der Waals surface area contributed by atoms with Crippen LogP contribution in [-0.4, -0.2) is 60.1 Å². The summed E-state index contributed by atoms with van der Waals surface area (Å²) in [6.07, 6.45) is -1.91. The van der Waals surface area contributed by atoms with Gasteiger partial charge in [0.1, 0.15) is 23.6 Å². The predicted octanol–water partition coefficient (Wildman–Crippen LogP) is 2.59. The van der Waals surface area contributed by atoms with Gasteiger partial charge in [0.25, 0.3) is 0 Å². The van der Waals surface area contributed by atoms with E-state index in [2.05, 4.69) is 20.7 Å². The van der Waals surface area contributed by atoms with Crippen LogP contribution in [0.4, 0.5) is 4.79 Å². The lowest BCUT2D eigenvalue weighted by molar-refractivity contribution is 0.0268. The molecule has 1 aliphatic heterocycles. The average molecular weight is 416 g/mol. The number of hydrogen-bond acceptors (Lipinski definition) is 6. The molecule has 8 heteroatoms. The minimum Gasteiger partial charge on any atom is -0.485 e. The number of benzene rings is 1. The van der Waals surface area contributed by atoms with Crippen LogP contribution in [0.3, 0.4) is 0 Å². The molecular weight excluding hydrogens is 394 g/mol. The van der Waals surface area contributed by atoms with Crippen LogP contribution in [0.5, 0.6) is 5.75 Å². The van der Waals surface area contributed by atoms with E-state index < -0.39 is 29.9 Å². The first kappa shape index (κ1) is 19.5. The Morgan fingerprint density at radius 2 is 1.96 bits per heavy atom. The smallest absolute Gasteiger partial charge is 0.410 e. The largest absolute Gasteiger partial charge is 0.485 e. The van der Waals surface area contributed by atoms with E-state index in [9.17, 15) is 14.7 Å². The minimum atomic E-state index is -0.834. The Bertz CT molecular complexity index is 657. The van der Waals surface area contributed by atoms with Crippen molar-refractivity contribution in [3.8, 4) is 5.75 Å². The van der Waals surface area contributed by atoms with Gasteiger partial charge in [-0.3, -0.25) is 0 Å². The Hall–Kier alpha value is -1.80. The number of carbonyl (C=O) groups excluding carboxylic acids is 2. The highest BCUT2D eigenvalue weighted by Gasteiger charge is 2.37. The van der Waals surface area contributed by atoms with Gasteiger partial charge in [0.2, 0.25) is 0 Å². The number of amides is 1. The number of methoxy groups -OCH3 is 1. The molecule has 138 valence electrons. The topological polar surface area (TPSA) is 85.3 Å². The Morgan fingerprint density at radius 3 is 2.52 bits per heavy atom. The molecule has 0 bridgehead atoms. The average Bonchev–Trinajstić information content (AvgIpc) is 2.88. The summed E-state index contributed by atoms with van der Waals surface area (Å²) in [5.74, 6) is 0.00648. The van der Waals surface area contributed by atoms with Gasteiger partial charge < -0.3 is 24.2 Å². The van der Waals surface area contributed by atoms with Crippen LogP contribution in [-0.2, 0) is 9.47 Å². The monoisotopic (exact) mass is 415 g/mol. The normalized spacial score (nSPS) is 20.3. The maximum Gasteiger partial charge on any atom is 0.410 e. The number of aliphatic hydroxyl groups excluding tert-OH is 1. The number of aliphatic hydroxyl groups is 1. The molecule has 1 fully saturated rings. The quantitative estimate of drug-likeness (QED) is 0.763. The molecule has 1 N–H and O–H groups in total. The number of esters is 1. The van der Waals surface area contributed by atoms with Gasteiger partial charge >= 0.3 is 12.1 Å². The van der Waals surface area contributed by atoms with Crippen molar-refractivity contribution in [3.05, 3.63) is 28.2 Å². The van der Waals surface area contributed by atoms with Gasteiger partial charge in [0, 0.05) is 0 Å². The van der Waals surface area contributed by atoms with Gasteiger partial charge in [-0.2, -0.15) is 0 Å². The lowest BCUT2D eigenvalue weighted by Crippen LogP contribution is -2.36. The minimum absolute atomic E-state index is 0.136. The number of ether oxygens (including phenoxy) is 3. The number of nitrogens with zero attached hydrogens (tertiary/aromatic N) is 1. The molecule has 0 spiro atoms. The molecule has 1 aromatic carbocycles. The fourth-order valence-electron chi connectivity index (χ4n) is 2.35. The first-order chi connectivity index (χ1) is 11.6. The summed E-state index contributed by atoms with van der Waals surface area (Å²) >= 11 is 3.34. The van der Waals surface area contributed by atoms with Crippen molar-refractivity contribution in [2.24, 2.45) is 0 Å². The second-order valence-electron chi connectivity index (χ2n) is 6.75. The summed E-state index contributed by atoms with van der Waals surface area (Å²) in [6, 6.07) is 4.76. The Balaban J connectivity index is 2.03. The number of likely N-dealkylation sites (tertiary alicyclic amines) is 1. The first-order valence-electron chi connectivity index (χ1n) is 7.81. The predicted molar refractivity (Wildman–Crippen MR) is 93.7 cm³/mol. The summed E-state index contributed by atoms with van der Waals surface area (Å²) in [4.78, 5) is 25.0. The summed E-state index contributed by atoms with van der Waals surface area (Å²) < 4.78 is 16.3. The van der Waals surface area contributed by atoms with Gasteiger partial charge in [-0.1, -0.05) is 0 Å². The number of β-amino-alcohol motifs (C(OH)–C–C–N with tert-alkyl or cyclic N) is 1. The summed E-state index contributed by atoms with van der Waals surface area (Å²) in [5.41, 5.74) is -0.225. The molecule has 0 saturated carbocycles. The number of halogens is 1. The van der Waals surface area contributed by atoms with Crippen LogP contribution in [0, 0.1) is 0 Å². The summed E-state index contributed by atoms with van der Waals surface area (Å²) in [6.45, 7) is 5.70. The van der Waals surface area contributed by atoms with Crippen molar-refractivity contribution in [1.29, 1.82) is 0 Å². The summed E-state index contributed by atoms with van der Waals surface area (Å²) in [5, 5.41) is 10.2. The second kappa shape index (κ2) is 7.61. The fraction of sp³-hybridized carbons (Fsp3) is 0.529. The third-order valence-corrected chi connectivity index (χ3v) is 4.14. The van der Waals surface area contributed by atoms with Gasteiger partial charge in [-0.15, -0.1) is 0 Å². The molecule has 1 aliphatic rings. The van der Waals surface area contributed by atoms with Crippen molar-refractivity contribution < 1.29 is 28.9 Å². The van der Waals surface area contributed by atoms with Crippen molar-refractivity contribution in [3.63, 3.8) is 0 Å². The zero-order chi connectivity index (χ0) is 18.8. The molecule has 1 saturated heterocycles. The van der Waals surface area contributed by atoms with Crippen LogP contribution < -0.4 is 4.74 Å². The molecular formula is C17H22BrNO6. The van der Waals surface area contributed by atoms with Crippen LogP contribution in [0.1, 0.15) is 31.1 Å². The van der Waals surface area contributed by atoms with E-state index in [1.165, 1.54) is 12.0 Å². The van der Waals surface area contributed by atoms with E-state index in [1.54, 1.807) is 39.0 Å². The second-order valence-corrected chi connectivity index (χ2v) is 7.60. The zero-order valence-electron chi connectivity index (χ0n) is 14.6. The molecule has 1 heterocycles. The van der Waals surface area contributed by atoms with Gasteiger partial charge in [0.05, 0.1) is 30.2 Å². The maximum absolute atomic E-state index is 12.1. The Kier molecular flexibility index (Phi) is 5.95. The molecule has 7 nitrogen and oxygen atoms in total. The van der Waals surface area contributed by atoms with E-state index in [4.69, 9.17) is 9.47 Å². The van der Waals surface area contributed by atoms with Gasteiger partial charge in [-0.05, 0) is 54.9 Å². The van der Waals surface area contributed by atoms with Crippen molar-refractivity contribution >= 4 is 28.0 Å². The SMILES string of the molecule is COC(=O)c1ccc(O[C@@H]2CN(C(=O)OC(C)(C)C)C[C@H]2O)c(Br)c1. The summed E-state index contributed by atoms with van der Waals surface area (Å²) in [7, 11) is 1.31. The van der Waals surface area contributed by atoms with E-state index in [1.807, 2.05) is 0 Å². The number of carbonyl (C=O) groups is 2. The molecule has 2 rings (SSSR count). The standard InChI is InChI=1S/C17H22BrNO6/c1-17(2,3)25-16(22)19-8-12(20)14(9-19)24-13-6-5-10(7-11(13)18)15(21)23-4/h5-7,12,14,20H,8-9H2,1-4H3/t12-,14-/m1/s1. The highest BCUT2D eigenvalue weighted by molar-refractivity contribution is 9.10. The van der Waals surface area contributed by atoms with E-state index >= 15 is 0 Å². The molecule has 1 aromatic rings. The molecule has 0 aliphatic carbocycles. The van der Waals surface area contributed by atoms with Gasteiger partial charge in [-0.25, -0.2) is 9.59 Å². The number of hydrogen-bond donors (Lipinski definition) is 1. The Labute approximate surface area is 155 Å². The lowest BCUT2D eigenvalue weighted by atomic mass is 10.2. The Morgan fingerprint density at radius 1 is 1.28 bits per heavy atom. The van der Waals surface area contributed by atoms with Gasteiger partial charge in [0.15, 0.2) is 0 Å². The third kappa shape index (κ3) is 5.09. The lowest BCUT2D eigenvalue weighted by Gasteiger charge is -2.24. The van der Waals surface area contributed by atoms with Crippen molar-refractivity contribution in [2.45, 2.75) is 38.6 Å². The van der Waals surface area contributed by atoms with Crippen LogP contribution in [0.25, 0.3) is 0 Å². The first-order valence-corrected chi connectivity index (χ1v) is 8.60. The van der Waals surface area contributed by atoms with Crippen LogP contribution in [0.2, 0.25) is 0 Å². The van der Waals surface area contributed by atoms with E-state index in [0.717, 1.165) is 0 Å². The number of rotatable bonds is 3. The highest BCUT2D eigenvalue weighted by Crippen LogP contribution is 2.29. The third-order valence-electron chi connectivity index (χ3n) is 3.52. The van der Waals surface area contributed by atoms with E-state index in [0.29, 0.717) is 15.8 Å². The highest BCUT2D eigenvalue weighted by atomic mass is 79.9. The van der Waals surface area contributed by atoms with E-state index in [-0.39, 0.29) is 13.1 Å².